The summed E-state index contributed by atoms with van der Waals surface area (Å²) in [6.07, 6.45) is -4.73. The summed E-state index contributed by atoms with van der Waals surface area (Å²) in [5.74, 6) is -1.29. The number of ether oxygens (including phenoxy) is 1. The van der Waals surface area contributed by atoms with Crippen LogP contribution in [0.3, 0.4) is 0 Å². The van der Waals surface area contributed by atoms with Crippen LogP contribution in [0, 0.1) is 0 Å². The van der Waals surface area contributed by atoms with Crippen LogP contribution in [0.5, 0.6) is 5.75 Å². The van der Waals surface area contributed by atoms with Crippen LogP contribution in [-0.2, 0) is 22.7 Å². The highest BCUT2D eigenvalue weighted by Gasteiger charge is 2.40. The summed E-state index contributed by atoms with van der Waals surface area (Å²) >= 11 is 0. The van der Waals surface area contributed by atoms with Gasteiger partial charge in [0, 0.05) is 17.7 Å². The Balaban J connectivity index is 1.95. The van der Waals surface area contributed by atoms with Gasteiger partial charge in [-0.15, -0.1) is 0 Å². The summed E-state index contributed by atoms with van der Waals surface area (Å²) in [4.78, 5) is 3.36. The van der Waals surface area contributed by atoms with Gasteiger partial charge in [-0.2, -0.15) is 22.5 Å². The lowest BCUT2D eigenvalue weighted by Crippen LogP contribution is -2.47. The number of fused-ring (bicyclic) bond motifs is 1. The minimum Gasteiger partial charge on any atom is -0.492 e. The fourth-order valence-electron chi connectivity index (χ4n) is 2.71. The summed E-state index contributed by atoms with van der Waals surface area (Å²) in [7, 11) is -3.60. The van der Waals surface area contributed by atoms with Gasteiger partial charge in [0.25, 0.3) is 0 Å². The molecule has 0 fully saturated rings. The Hall–Kier alpha value is -2.14. The molecule has 0 amide bonds. The summed E-state index contributed by atoms with van der Waals surface area (Å²) in [6.45, 7) is 6.81. The number of benzene rings is 1. The normalized spacial score (nSPS) is 19.0. The highest BCUT2D eigenvalue weighted by molar-refractivity contribution is 7.90. The predicted octanol–water partition coefficient (Wildman–Crippen LogP) is 3.47. The van der Waals surface area contributed by atoms with E-state index in [2.05, 4.69) is 14.7 Å². The first kappa shape index (κ1) is 20.6. The first-order valence-corrected chi connectivity index (χ1v) is 9.93. The Morgan fingerprint density at radius 1 is 1.21 bits per heavy atom. The smallest absolute Gasteiger partial charge is 0.471 e. The van der Waals surface area contributed by atoms with Crippen molar-refractivity contribution in [3.05, 3.63) is 29.7 Å². The average molecular weight is 419 g/mol. The molecule has 1 aliphatic rings. The first-order chi connectivity index (χ1) is 12.8. The van der Waals surface area contributed by atoms with E-state index in [0.29, 0.717) is 11.3 Å². The number of alkyl halides is 3. The van der Waals surface area contributed by atoms with Gasteiger partial charge in [-0.05, 0) is 33.8 Å². The molecule has 2 aromatic rings. The van der Waals surface area contributed by atoms with Gasteiger partial charge in [-0.3, -0.25) is 0 Å². The third-order valence-corrected chi connectivity index (χ3v) is 7.03. The van der Waals surface area contributed by atoms with Crippen LogP contribution in [0.2, 0.25) is 0 Å². The minimum atomic E-state index is -4.73. The first-order valence-electron chi connectivity index (χ1n) is 8.49. The van der Waals surface area contributed by atoms with Crippen molar-refractivity contribution in [1.82, 2.24) is 14.4 Å². The van der Waals surface area contributed by atoms with Crippen LogP contribution in [0.25, 0.3) is 11.4 Å². The number of sulfonamides is 1. The second kappa shape index (κ2) is 6.73. The van der Waals surface area contributed by atoms with Crippen molar-refractivity contribution in [3.63, 3.8) is 0 Å². The second-order valence-corrected chi connectivity index (χ2v) is 10.2. The van der Waals surface area contributed by atoms with Crippen molar-refractivity contribution in [1.29, 1.82) is 0 Å². The number of rotatable bonds is 2. The Morgan fingerprint density at radius 2 is 1.89 bits per heavy atom. The molecule has 154 valence electrons. The van der Waals surface area contributed by atoms with Gasteiger partial charge in [0.05, 0.1) is 10.8 Å². The molecule has 0 spiro atoms. The lowest BCUT2D eigenvalue weighted by atomic mass is 10.1. The number of hydrogen-bond acceptors (Lipinski definition) is 6. The van der Waals surface area contributed by atoms with Crippen molar-refractivity contribution >= 4 is 10.0 Å². The predicted molar refractivity (Wildman–Crippen MR) is 93.9 cm³/mol. The molecule has 0 bridgehead atoms. The zero-order chi connectivity index (χ0) is 20.9. The van der Waals surface area contributed by atoms with Crippen LogP contribution < -0.4 is 4.74 Å². The van der Waals surface area contributed by atoms with Gasteiger partial charge in [0.15, 0.2) is 0 Å². The van der Waals surface area contributed by atoms with Gasteiger partial charge >= 0.3 is 12.1 Å². The van der Waals surface area contributed by atoms with E-state index < -0.39 is 32.9 Å². The standard InChI is InChI=1S/C17H20F3N3O4S/c1-10-9-26-13-7-11(14-21-15(27-22-14)17(18,19)20)5-6-12(13)8-23(10)28(24,25)16(2,3)4/h5-7,10H,8-9H2,1-4H3/t10-/m0/s1. The third kappa shape index (κ3) is 3.72. The zero-order valence-corrected chi connectivity index (χ0v) is 16.6. The van der Waals surface area contributed by atoms with Gasteiger partial charge in [0.1, 0.15) is 12.4 Å². The highest BCUT2D eigenvalue weighted by Crippen LogP contribution is 2.34. The average Bonchev–Trinajstić information content (AvgIpc) is 3.01. The minimum absolute atomic E-state index is 0.0937. The summed E-state index contributed by atoms with van der Waals surface area (Å²) in [5.41, 5.74) is 0.873. The molecule has 0 aliphatic carbocycles. The SMILES string of the molecule is C[C@H]1COc2cc(-c3noc(C(F)(F)F)n3)ccc2CN1S(=O)(=O)C(C)(C)C. The van der Waals surface area contributed by atoms with Crippen LogP contribution in [0.4, 0.5) is 13.2 Å². The van der Waals surface area contributed by atoms with E-state index in [1.165, 1.54) is 16.4 Å². The Labute approximate surface area is 160 Å². The molecule has 0 radical (unpaired) electrons. The molecule has 3 rings (SSSR count). The lowest BCUT2D eigenvalue weighted by molar-refractivity contribution is -0.159. The largest absolute Gasteiger partial charge is 0.492 e. The zero-order valence-electron chi connectivity index (χ0n) is 15.7. The maximum atomic E-state index is 12.9. The Bertz CT molecular complexity index is 980. The molecule has 28 heavy (non-hydrogen) atoms. The number of nitrogens with zero attached hydrogens (tertiary/aromatic N) is 3. The molecular weight excluding hydrogens is 399 g/mol. The maximum Gasteiger partial charge on any atom is 0.471 e. The molecule has 2 heterocycles. The number of halogens is 3. The van der Waals surface area contributed by atoms with Crippen molar-refractivity contribution in [2.24, 2.45) is 0 Å². The van der Waals surface area contributed by atoms with Gasteiger partial charge in [-0.1, -0.05) is 17.3 Å². The molecule has 1 aliphatic heterocycles. The van der Waals surface area contributed by atoms with Crippen molar-refractivity contribution < 1.29 is 30.8 Å². The molecule has 0 saturated heterocycles. The van der Waals surface area contributed by atoms with E-state index in [4.69, 9.17) is 4.74 Å². The Kier molecular flexibility index (Phi) is 4.95. The quantitative estimate of drug-likeness (QED) is 0.741. The topological polar surface area (TPSA) is 85.5 Å². The van der Waals surface area contributed by atoms with E-state index in [1.807, 2.05) is 0 Å². The Morgan fingerprint density at radius 3 is 2.46 bits per heavy atom. The van der Waals surface area contributed by atoms with Crippen molar-refractivity contribution in [2.45, 2.75) is 51.2 Å². The summed E-state index contributed by atoms with van der Waals surface area (Å²) in [5, 5.41) is 3.36. The van der Waals surface area contributed by atoms with Crippen LogP contribution in [-0.4, -0.2) is 40.3 Å². The molecule has 11 heteroatoms. The van der Waals surface area contributed by atoms with Crippen molar-refractivity contribution in [3.8, 4) is 17.1 Å². The van der Waals surface area contributed by atoms with Crippen LogP contribution >= 0.6 is 0 Å². The second-order valence-electron chi connectivity index (χ2n) is 7.57. The summed E-state index contributed by atoms with van der Waals surface area (Å²) in [6, 6.07) is 4.17. The molecule has 7 nitrogen and oxygen atoms in total. The fraction of sp³-hybridized carbons (Fsp3) is 0.529. The van der Waals surface area contributed by atoms with Gasteiger partial charge in [0.2, 0.25) is 15.8 Å². The molecular formula is C17H20F3N3O4S. The molecule has 0 N–H and O–H groups in total. The van der Waals surface area contributed by atoms with Crippen LogP contribution in [0.1, 0.15) is 39.1 Å². The molecule has 1 aromatic heterocycles. The van der Waals surface area contributed by atoms with E-state index in [0.717, 1.165) is 0 Å². The van der Waals surface area contributed by atoms with Crippen LogP contribution in [0.15, 0.2) is 22.7 Å². The number of hydrogen-bond donors (Lipinski definition) is 0. The monoisotopic (exact) mass is 419 g/mol. The van der Waals surface area contributed by atoms with E-state index in [9.17, 15) is 21.6 Å². The highest BCUT2D eigenvalue weighted by atomic mass is 32.2. The molecule has 1 atom stereocenters. The third-order valence-electron chi connectivity index (χ3n) is 4.37. The molecule has 0 saturated carbocycles. The maximum absolute atomic E-state index is 12.9. The van der Waals surface area contributed by atoms with E-state index in [1.54, 1.807) is 33.8 Å². The van der Waals surface area contributed by atoms with Gasteiger partial charge in [-0.25, -0.2) is 8.42 Å². The summed E-state index contributed by atoms with van der Waals surface area (Å²) < 4.78 is 74.1. The van der Waals surface area contributed by atoms with E-state index >= 15 is 0 Å². The fourth-order valence-corrected chi connectivity index (χ4v) is 4.25. The van der Waals surface area contributed by atoms with Gasteiger partial charge < -0.3 is 9.26 Å². The number of aromatic nitrogens is 2. The molecule has 0 unspecified atom stereocenters. The van der Waals surface area contributed by atoms with Crippen molar-refractivity contribution in [2.75, 3.05) is 6.61 Å². The van der Waals surface area contributed by atoms with E-state index in [-0.39, 0.29) is 24.5 Å². The lowest BCUT2D eigenvalue weighted by Gasteiger charge is -2.32. The molecule has 1 aromatic carbocycles.